The Morgan fingerprint density at radius 3 is 2.85 bits per heavy atom. The summed E-state index contributed by atoms with van der Waals surface area (Å²) in [6.45, 7) is 3.94. The number of nitrogens with zero attached hydrogens (tertiary/aromatic N) is 2. The number of hydrogen-bond acceptors (Lipinski definition) is 3. The number of aryl methyl sites for hydroxylation is 1. The molecule has 106 valence electrons. The number of Topliss-reactive ketones (excluding diaryl/α,β-unsaturated/α-hetero) is 1. The van der Waals surface area contributed by atoms with E-state index in [4.69, 9.17) is 17.3 Å². The summed E-state index contributed by atoms with van der Waals surface area (Å²) in [4.78, 5) is 12.3. The standard InChI is InChI=1S/C15H18ClN3O/c1-10(2)19-15(13(16)9-18-19)14(20)7-6-11-4-3-5-12(17)8-11/h3-5,8-10H,6-7,17H2,1-2H3. The van der Waals surface area contributed by atoms with E-state index < -0.39 is 0 Å². The zero-order valence-electron chi connectivity index (χ0n) is 11.6. The summed E-state index contributed by atoms with van der Waals surface area (Å²) < 4.78 is 1.67. The Balaban J connectivity index is 2.11. The molecule has 0 radical (unpaired) electrons. The highest BCUT2D eigenvalue weighted by atomic mass is 35.5. The van der Waals surface area contributed by atoms with Crippen molar-refractivity contribution < 1.29 is 4.79 Å². The summed E-state index contributed by atoms with van der Waals surface area (Å²) in [5.74, 6) is 0.00336. The Hall–Kier alpha value is -1.81. The minimum absolute atomic E-state index is 0.00336. The van der Waals surface area contributed by atoms with E-state index in [0.29, 0.717) is 29.2 Å². The molecule has 1 heterocycles. The van der Waals surface area contributed by atoms with E-state index in [1.165, 1.54) is 6.20 Å². The Morgan fingerprint density at radius 2 is 2.20 bits per heavy atom. The average Bonchev–Trinajstić information content (AvgIpc) is 2.78. The van der Waals surface area contributed by atoms with Gasteiger partial charge in [-0.3, -0.25) is 9.48 Å². The van der Waals surface area contributed by atoms with Crippen LogP contribution in [0.4, 0.5) is 5.69 Å². The van der Waals surface area contributed by atoms with Gasteiger partial charge in [-0.1, -0.05) is 23.7 Å². The fraction of sp³-hybridized carbons (Fsp3) is 0.333. The molecule has 0 bridgehead atoms. The van der Waals surface area contributed by atoms with Gasteiger partial charge in [-0.25, -0.2) is 0 Å². The third kappa shape index (κ3) is 3.20. The highest BCUT2D eigenvalue weighted by Gasteiger charge is 2.18. The van der Waals surface area contributed by atoms with Crippen LogP contribution < -0.4 is 5.73 Å². The van der Waals surface area contributed by atoms with E-state index in [9.17, 15) is 4.79 Å². The Kier molecular flexibility index (Phi) is 4.45. The van der Waals surface area contributed by atoms with Crippen molar-refractivity contribution in [3.63, 3.8) is 0 Å². The zero-order valence-corrected chi connectivity index (χ0v) is 12.4. The largest absolute Gasteiger partial charge is 0.399 e. The smallest absolute Gasteiger partial charge is 0.182 e. The summed E-state index contributed by atoms with van der Waals surface area (Å²) in [7, 11) is 0. The molecule has 0 aliphatic rings. The summed E-state index contributed by atoms with van der Waals surface area (Å²) in [6.07, 6.45) is 2.56. The molecule has 0 aliphatic carbocycles. The van der Waals surface area contributed by atoms with Crippen LogP contribution in [0, 0.1) is 0 Å². The van der Waals surface area contributed by atoms with Crippen LogP contribution in [0.2, 0.25) is 5.02 Å². The number of ketones is 1. The minimum atomic E-state index is 0.00336. The van der Waals surface area contributed by atoms with Gasteiger partial charge in [0.25, 0.3) is 0 Å². The van der Waals surface area contributed by atoms with Crippen LogP contribution in [0.15, 0.2) is 30.5 Å². The molecule has 0 amide bonds. The van der Waals surface area contributed by atoms with E-state index in [-0.39, 0.29) is 11.8 Å². The molecule has 1 aromatic carbocycles. The molecule has 0 saturated heterocycles. The van der Waals surface area contributed by atoms with Crippen molar-refractivity contribution in [1.82, 2.24) is 9.78 Å². The lowest BCUT2D eigenvalue weighted by Gasteiger charge is -2.10. The first-order chi connectivity index (χ1) is 9.49. The number of nitrogen functional groups attached to an aromatic ring is 1. The van der Waals surface area contributed by atoms with E-state index in [0.717, 1.165) is 5.56 Å². The van der Waals surface area contributed by atoms with Crippen LogP contribution in [0.5, 0.6) is 0 Å². The lowest BCUT2D eigenvalue weighted by Crippen LogP contribution is -2.13. The highest BCUT2D eigenvalue weighted by molar-refractivity contribution is 6.33. The molecule has 0 saturated carbocycles. The van der Waals surface area contributed by atoms with Crippen molar-refractivity contribution in [2.75, 3.05) is 5.73 Å². The van der Waals surface area contributed by atoms with Gasteiger partial charge < -0.3 is 5.73 Å². The third-order valence-electron chi connectivity index (χ3n) is 3.10. The number of anilines is 1. The van der Waals surface area contributed by atoms with Crippen molar-refractivity contribution in [2.24, 2.45) is 0 Å². The van der Waals surface area contributed by atoms with E-state index >= 15 is 0 Å². The average molecular weight is 292 g/mol. The molecular formula is C15H18ClN3O. The van der Waals surface area contributed by atoms with Crippen LogP contribution in [0.1, 0.15) is 42.4 Å². The molecule has 1 aromatic heterocycles. The number of carbonyl (C=O) groups excluding carboxylic acids is 1. The molecule has 5 heteroatoms. The van der Waals surface area contributed by atoms with Crippen LogP contribution >= 0.6 is 11.6 Å². The SMILES string of the molecule is CC(C)n1ncc(Cl)c1C(=O)CCc1cccc(N)c1. The Bertz CT molecular complexity index is 619. The quantitative estimate of drug-likeness (QED) is 0.677. The number of aromatic nitrogens is 2. The number of carbonyl (C=O) groups is 1. The topological polar surface area (TPSA) is 60.9 Å². The maximum absolute atomic E-state index is 12.3. The van der Waals surface area contributed by atoms with Crippen molar-refractivity contribution in [1.29, 1.82) is 0 Å². The fourth-order valence-electron chi connectivity index (χ4n) is 2.12. The van der Waals surface area contributed by atoms with Crippen LogP contribution in [0.25, 0.3) is 0 Å². The first-order valence-corrected chi connectivity index (χ1v) is 6.97. The summed E-state index contributed by atoms with van der Waals surface area (Å²) in [5.41, 5.74) is 7.97. The first-order valence-electron chi connectivity index (χ1n) is 6.59. The van der Waals surface area contributed by atoms with Gasteiger partial charge in [0, 0.05) is 18.2 Å². The van der Waals surface area contributed by atoms with E-state index in [1.807, 2.05) is 38.1 Å². The van der Waals surface area contributed by atoms with Crippen molar-refractivity contribution in [2.45, 2.75) is 32.7 Å². The second kappa shape index (κ2) is 6.09. The van der Waals surface area contributed by atoms with Gasteiger partial charge in [0.2, 0.25) is 0 Å². The molecule has 2 aromatic rings. The van der Waals surface area contributed by atoms with E-state index in [1.54, 1.807) is 4.68 Å². The molecule has 0 aliphatic heterocycles. The minimum Gasteiger partial charge on any atom is -0.399 e. The summed E-state index contributed by atoms with van der Waals surface area (Å²) in [6, 6.07) is 7.67. The van der Waals surface area contributed by atoms with Gasteiger partial charge in [-0.2, -0.15) is 5.10 Å². The molecular weight excluding hydrogens is 274 g/mol. The molecule has 0 fully saturated rings. The monoisotopic (exact) mass is 291 g/mol. The molecule has 2 N–H and O–H groups in total. The van der Waals surface area contributed by atoms with Crippen LogP contribution in [0.3, 0.4) is 0 Å². The maximum Gasteiger partial charge on any atom is 0.182 e. The van der Waals surface area contributed by atoms with Crippen LogP contribution in [-0.2, 0) is 6.42 Å². The number of benzene rings is 1. The van der Waals surface area contributed by atoms with Gasteiger partial charge in [-0.15, -0.1) is 0 Å². The molecule has 20 heavy (non-hydrogen) atoms. The molecule has 0 unspecified atom stereocenters. The third-order valence-corrected chi connectivity index (χ3v) is 3.37. The first kappa shape index (κ1) is 14.6. The predicted molar refractivity (Wildman–Crippen MR) is 81.1 cm³/mol. The zero-order chi connectivity index (χ0) is 14.7. The van der Waals surface area contributed by atoms with Crippen molar-refractivity contribution >= 4 is 23.1 Å². The molecule has 0 atom stereocenters. The second-order valence-corrected chi connectivity index (χ2v) is 5.45. The predicted octanol–water partition coefficient (Wildman–Crippen LogP) is 3.52. The Morgan fingerprint density at radius 1 is 1.45 bits per heavy atom. The summed E-state index contributed by atoms with van der Waals surface area (Å²) >= 11 is 6.07. The lowest BCUT2D eigenvalue weighted by atomic mass is 10.1. The normalized spacial score (nSPS) is 11.0. The molecule has 4 nitrogen and oxygen atoms in total. The Labute approximate surface area is 123 Å². The molecule has 2 rings (SSSR count). The van der Waals surface area contributed by atoms with Gasteiger partial charge >= 0.3 is 0 Å². The van der Waals surface area contributed by atoms with Crippen molar-refractivity contribution in [3.8, 4) is 0 Å². The molecule has 0 spiro atoms. The highest BCUT2D eigenvalue weighted by Crippen LogP contribution is 2.21. The van der Waals surface area contributed by atoms with E-state index in [2.05, 4.69) is 5.10 Å². The number of rotatable bonds is 5. The second-order valence-electron chi connectivity index (χ2n) is 5.05. The van der Waals surface area contributed by atoms with Gasteiger partial charge in [0.15, 0.2) is 5.78 Å². The fourth-order valence-corrected chi connectivity index (χ4v) is 2.35. The number of halogens is 1. The van der Waals surface area contributed by atoms with Gasteiger partial charge in [0.1, 0.15) is 5.69 Å². The van der Waals surface area contributed by atoms with Crippen LogP contribution in [-0.4, -0.2) is 15.6 Å². The van der Waals surface area contributed by atoms with Gasteiger partial charge in [0.05, 0.1) is 11.2 Å². The number of nitrogens with two attached hydrogens (primary N) is 1. The lowest BCUT2D eigenvalue weighted by molar-refractivity contribution is 0.0970. The maximum atomic E-state index is 12.3. The van der Waals surface area contributed by atoms with Gasteiger partial charge in [-0.05, 0) is 38.0 Å². The summed E-state index contributed by atoms with van der Waals surface area (Å²) in [5, 5.41) is 4.56. The van der Waals surface area contributed by atoms with Crippen molar-refractivity contribution in [3.05, 3.63) is 46.7 Å². The number of hydrogen-bond donors (Lipinski definition) is 1.